The SMILES string of the molecule is CC(C)OC(=O)CNCc1ccccc1O. The average molecular weight is 223 g/mol. The third kappa shape index (κ3) is 4.31. The monoisotopic (exact) mass is 223 g/mol. The first-order valence-electron chi connectivity index (χ1n) is 5.26. The van der Waals surface area contributed by atoms with Crippen LogP contribution in [0, 0.1) is 0 Å². The molecule has 0 fully saturated rings. The topological polar surface area (TPSA) is 58.6 Å². The summed E-state index contributed by atoms with van der Waals surface area (Å²) in [6, 6.07) is 7.01. The molecule has 0 heterocycles. The maximum Gasteiger partial charge on any atom is 0.320 e. The van der Waals surface area contributed by atoms with Crippen LogP contribution in [0.2, 0.25) is 0 Å². The fraction of sp³-hybridized carbons (Fsp3) is 0.417. The summed E-state index contributed by atoms with van der Waals surface area (Å²) in [5.74, 6) is -0.0577. The number of carbonyl (C=O) groups excluding carboxylic acids is 1. The van der Waals surface area contributed by atoms with Gasteiger partial charge in [0.05, 0.1) is 12.6 Å². The van der Waals surface area contributed by atoms with E-state index in [4.69, 9.17) is 4.74 Å². The van der Waals surface area contributed by atoms with Gasteiger partial charge in [-0.25, -0.2) is 0 Å². The van der Waals surface area contributed by atoms with Gasteiger partial charge in [0.2, 0.25) is 0 Å². The molecular weight excluding hydrogens is 206 g/mol. The van der Waals surface area contributed by atoms with Gasteiger partial charge in [-0.1, -0.05) is 18.2 Å². The van der Waals surface area contributed by atoms with Crippen LogP contribution in [-0.4, -0.2) is 23.7 Å². The Morgan fingerprint density at radius 1 is 1.44 bits per heavy atom. The number of aromatic hydroxyl groups is 1. The van der Waals surface area contributed by atoms with Gasteiger partial charge in [-0.2, -0.15) is 0 Å². The van der Waals surface area contributed by atoms with Crippen LogP contribution in [-0.2, 0) is 16.1 Å². The van der Waals surface area contributed by atoms with Crippen molar-refractivity contribution in [2.24, 2.45) is 0 Å². The Morgan fingerprint density at radius 2 is 2.12 bits per heavy atom. The molecule has 0 aliphatic heterocycles. The van der Waals surface area contributed by atoms with Crippen LogP contribution >= 0.6 is 0 Å². The first-order valence-corrected chi connectivity index (χ1v) is 5.26. The minimum absolute atomic E-state index is 0.0978. The summed E-state index contributed by atoms with van der Waals surface area (Å²) >= 11 is 0. The van der Waals surface area contributed by atoms with Crippen molar-refractivity contribution in [3.63, 3.8) is 0 Å². The Kier molecular flexibility index (Phi) is 4.79. The molecule has 1 aromatic rings. The summed E-state index contributed by atoms with van der Waals surface area (Å²) in [7, 11) is 0. The lowest BCUT2D eigenvalue weighted by Gasteiger charge is -2.09. The highest BCUT2D eigenvalue weighted by atomic mass is 16.5. The van der Waals surface area contributed by atoms with Gasteiger partial charge in [-0.15, -0.1) is 0 Å². The summed E-state index contributed by atoms with van der Waals surface area (Å²) < 4.78 is 4.95. The third-order valence-corrected chi connectivity index (χ3v) is 1.94. The molecule has 16 heavy (non-hydrogen) atoms. The maximum atomic E-state index is 11.2. The molecule has 2 N–H and O–H groups in total. The number of para-hydroxylation sites is 1. The number of hydrogen-bond acceptors (Lipinski definition) is 4. The van der Waals surface area contributed by atoms with Crippen molar-refractivity contribution in [1.29, 1.82) is 0 Å². The van der Waals surface area contributed by atoms with E-state index in [1.807, 2.05) is 6.07 Å². The van der Waals surface area contributed by atoms with E-state index in [0.29, 0.717) is 6.54 Å². The van der Waals surface area contributed by atoms with Crippen molar-refractivity contribution in [1.82, 2.24) is 5.32 Å². The van der Waals surface area contributed by atoms with Crippen LogP contribution in [0.1, 0.15) is 19.4 Å². The number of phenolic OH excluding ortho intramolecular Hbond substituents is 1. The Bertz CT molecular complexity index is 350. The Labute approximate surface area is 95.2 Å². The lowest BCUT2D eigenvalue weighted by molar-refractivity contribution is -0.146. The number of phenols is 1. The van der Waals surface area contributed by atoms with Crippen molar-refractivity contribution < 1.29 is 14.6 Å². The summed E-state index contributed by atoms with van der Waals surface area (Å²) in [5, 5.41) is 12.4. The molecule has 4 nitrogen and oxygen atoms in total. The van der Waals surface area contributed by atoms with E-state index in [9.17, 15) is 9.90 Å². The van der Waals surface area contributed by atoms with Crippen LogP contribution in [0.3, 0.4) is 0 Å². The van der Waals surface area contributed by atoms with Crippen LogP contribution in [0.4, 0.5) is 0 Å². The van der Waals surface area contributed by atoms with Gasteiger partial charge in [0, 0.05) is 12.1 Å². The second-order valence-corrected chi connectivity index (χ2v) is 3.77. The molecule has 1 aromatic carbocycles. The van der Waals surface area contributed by atoms with Gasteiger partial charge in [0.25, 0.3) is 0 Å². The highest BCUT2D eigenvalue weighted by Gasteiger charge is 2.05. The molecule has 0 atom stereocenters. The molecule has 0 aliphatic rings. The molecular formula is C12H17NO3. The number of esters is 1. The average Bonchev–Trinajstić information content (AvgIpc) is 2.19. The minimum atomic E-state index is -0.287. The largest absolute Gasteiger partial charge is 0.508 e. The second kappa shape index (κ2) is 6.12. The van der Waals surface area contributed by atoms with Gasteiger partial charge in [0.1, 0.15) is 5.75 Å². The number of benzene rings is 1. The Hall–Kier alpha value is -1.55. The van der Waals surface area contributed by atoms with Crippen LogP contribution in [0.25, 0.3) is 0 Å². The summed E-state index contributed by atoms with van der Waals surface area (Å²) in [6.45, 7) is 4.20. The minimum Gasteiger partial charge on any atom is -0.508 e. The molecule has 4 heteroatoms. The summed E-state index contributed by atoms with van der Waals surface area (Å²) in [4.78, 5) is 11.2. The predicted octanol–water partition coefficient (Wildman–Crippen LogP) is 1.43. The lowest BCUT2D eigenvalue weighted by atomic mass is 10.2. The van der Waals surface area contributed by atoms with Crippen molar-refractivity contribution in [2.75, 3.05) is 6.54 Å². The molecule has 0 spiro atoms. The van der Waals surface area contributed by atoms with Crippen molar-refractivity contribution >= 4 is 5.97 Å². The van der Waals surface area contributed by atoms with Crippen LogP contribution in [0.15, 0.2) is 24.3 Å². The van der Waals surface area contributed by atoms with Crippen LogP contribution < -0.4 is 5.32 Å². The van der Waals surface area contributed by atoms with E-state index in [-0.39, 0.29) is 24.4 Å². The molecule has 0 amide bonds. The standard InChI is InChI=1S/C12H17NO3/c1-9(2)16-12(15)8-13-7-10-5-3-4-6-11(10)14/h3-6,9,13-14H,7-8H2,1-2H3. The highest BCUT2D eigenvalue weighted by Crippen LogP contribution is 2.14. The fourth-order valence-electron chi connectivity index (χ4n) is 1.26. The van der Waals surface area contributed by atoms with E-state index in [2.05, 4.69) is 5.32 Å². The molecule has 0 bridgehead atoms. The Morgan fingerprint density at radius 3 is 2.75 bits per heavy atom. The molecule has 88 valence electrons. The predicted molar refractivity (Wildman–Crippen MR) is 61.0 cm³/mol. The fourth-order valence-corrected chi connectivity index (χ4v) is 1.26. The first-order chi connectivity index (χ1) is 7.59. The number of carbonyl (C=O) groups is 1. The maximum absolute atomic E-state index is 11.2. The second-order valence-electron chi connectivity index (χ2n) is 3.77. The molecule has 0 saturated carbocycles. The van der Waals surface area contributed by atoms with E-state index in [0.717, 1.165) is 5.56 Å². The van der Waals surface area contributed by atoms with Gasteiger partial charge in [0.15, 0.2) is 0 Å². The van der Waals surface area contributed by atoms with E-state index in [1.165, 1.54) is 0 Å². The van der Waals surface area contributed by atoms with Gasteiger partial charge >= 0.3 is 5.97 Å². The zero-order valence-corrected chi connectivity index (χ0v) is 9.56. The summed E-state index contributed by atoms with van der Waals surface area (Å²) in [5.41, 5.74) is 0.764. The lowest BCUT2D eigenvalue weighted by Crippen LogP contribution is -2.26. The van der Waals surface area contributed by atoms with Crippen molar-refractivity contribution in [3.8, 4) is 5.75 Å². The van der Waals surface area contributed by atoms with Crippen molar-refractivity contribution in [2.45, 2.75) is 26.5 Å². The number of rotatable bonds is 5. The molecule has 0 radical (unpaired) electrons. The number of nitrogens with one attached hydrogen (secondary N) is 1. The van der Waals surface area contributed by atoms with Gasteiger partial charge < -0.3 is 15.2 Å². The molecule has 0 aromatic heterocycles. The quantitative estimate of drug-likeness (QED) is 0.741. The zero-order chi connectivity index (χ0) is 12.0. The van der Waals surface area contributed by atoms with E-state index >= 15 is 0 Å². The van der Waals surface area contributed by atoms with Gasteiger partial charge in [-0.3, -0.25) is 4.79 Å². The number of ether oxygens (including phenoxy) is 1. The first kappa shape index (κ1) is 12.5. The third-order valence-electron chi connectivity index (χ3n) is 1.94. The highest BCUT2D eigenvalue weighted by molar-refractivity contribution is 5.71. The molecule has 0 unspecified atom stereocenters. The van der Waals surface area contributed by atoms with Gasteiger partial charge in [-0.05, 0) is 19.9 Å². The normalized spacial score (nSPS) is 10.4. The van der Waals surface area contributed by atoms with Crippen molar-refractivity contribution in [3.05, 3.63) is 29.8 Å². The smallest absolute Gasteiger partial charge is 0.320 e. The summed E-state index contributed by atoms with van der Waals surface area (Å²) in [6.07, 6.45) is -0.0978. The number of hydrogen-bond donors (Lipinski definition) is 2. The van der Waals surface area contributed by atoms with Crippen LogP contribution in [0.5, 0.6) is 5.75 Å². The molecule has 0 aliphatic carbocycles. The zero-order valence-electron chi connectivity index (χ0n) is 9.56. The van der Waals surface area contributed by atoms with E-state index < -0.39 is 0 Å². The molecule has 0 saturated heterocycles. The Balaban J connectivity index is 2.31. The molecule has 1 rings (SSSR count). The van der Waals surface area contributed by atoms with E-state index in [1.54, 1.807) is 32.0 Å².